The molecule has 1 N–H and O–H groups in total. The molecule has 0 saturated carbocycles. The van der Waals surface area contributed by atoms with Crippen molar-refractivity contribution in [3.05, 3.63) is 46.6 Å². The third-order valence-electron chi connectivity index (χ3n) is 4.98. The maximum Gasteiger partial charge on any atom is 0.451 e. The lowest BCUT2D eigenvalue weighted by atomic mass is 9.92. The molecule has 9 heteroatoms. The highest BCUT2D eigenvalue weighted by molar-refractivity contribution is 6.31. The number of nitrogens with one attached hydrogen (secondary N) is 1. The summed E-state index contributed by atoms with van der Waals surface area (Å²) in [5.74, 6) is -0.789. The van der Waals surface area contributed by atoms with Gasteiger partial charge in [0, 0.05) is 28.2 Å². The SMILES string of the molecule is CC(C)C[C@H]1c2[nH]c3ccc(Cl)cc3c2CCN1c1ncnc(C(F)(F)F)n1. The van der Waals surface area contributed by atoms with Gasteiger partial charge in [0.05, 0.1) is 6.04 Å². The average Bonchev–Trinajstić information content (AvgIpc) is 2.99. The van der Waals surface area contributed by atoms with Crippen LogP contribution in [0, 0.1) is 5.92 Å². The van der Waals surface area contributed by atoms with Crippen LogP contribution in [-0.2, 0) is 12.6 Å². The molecule has 1 aromatic carbocycles. The van der Waals surface area contributed by atoms with Crippen LogP contribution >= 0.6 is 11.6 Å². The molecule has 148 valence electrons. The molecule has 3 heterocycles. The van der Waals surface area contributed by atoms with Gasteiger partial charge in [0.2, 0.25) is 11.8 Å². The molecule has 5 nitrogen and oxygen atoms in total. The Kier molecular flexibility index (Phi) is 4.69. The Bertz CT molecular complexity index is 1010. The van der Waals surface area contributed by atoms with Gasteiger partial charge in [-0.2, -0.15) is 18.2 Å². The van der Waals surface area contributed by atoms with Crippen LogP contribution in [0.3, 0.4) is 0 Å². The zero-order valence-corrected chi connectivity index (χ0v) is 16.1. The maximum absolute atomic E-state index is 13.1. The van der Waals surface area contributed by atoms with Crippen LogP contribution < -0.4 is 4.90 Å². The summed E-state index contributed by atoms with van der Waals surface area (Å²) in [6, 6.07) is 5.53. The van der Waals surface area contributed by atoms with Crippen molar-refractivity contribution in [3.8, 4) is 0 Å². The van der Waals surface area contributed by atoms with E-state index in [-0.39, 0.29) is 12.0 Å². The van der Waals surface area contributed by atoms with E-state index in [0.29, 0.717) is 23.9 Å². The van der Waals surface area contributed by atoms with Crippen molar-refractivity contribution in [1.29, 1.82) is 0 Å². The lowest BCUT2D eigenvalue weighted by Gasteiger charge is -2.36. The van der Waals surface area contributed by atoms with Gasteiger partial charge < -0.3 is 9.88 Å². The first-order chi connectivity index (χ1) is 13.2. The lowest BCUT2D eigenvalue weighted by molar-refractivity contribution is -0.145. The number of halogens is 4. The second kappa shape index (κ2) is 6.92. The van der Waals surface area contributed by atoms with Gasteiger partial charge in [-0.25, -0.2) is 9.97 Å². The molecular weight excluding hydrogens is 391 g/mol. The topological polar surface area (TPSA) is 57.7 Å². The van der Waals surface area contributed by atoms with E-state index in [1.165, 1.54) is 0 Å². The van der Waals surface area contributed by atoms with Crippen molar-refractivity contribution < 1.29 is 13.2 Å². The van der Waals surface area contributed by atoms with Crippen LogP contribution in [0.1, 0.15) is 43.4 Å². The molecule has 0 fully saturated rings. The molecule has 28 heavy (non-hydrogen) atoms. The second-order valence-electron chi connectivity index (χ2n) is 7.40. The first-order valence-electron chi connectivity index (χ1n) is 9.07. The van der Waals surface area contributed by atoms with Crippen LogP contribution in [0.25, 0.3) is 10.9 Å². The zero-order valence-electron chi connectivity index (χ0n) is 15.4. The molecule has 4 rings (SSSR count). The van der Waals surface area contributed by atoms with Gasteiger partial charge in [0.25, 0.3) is 0 Å². The van der Waals surface area contributed by atoms with E-state index in [0.717, 1.165) is 34.9 Å². The van der Waals surface area contributed by atoms with E-state index in [9.17, 15) is 13.2 Å². The summed E-state index contributed by atoms with van der Waals surface area (Å²) in [6.45, 7) is 4.69. The lowest BCUT2D eigenvalue weighted by Crippen LogP contribution is -2.37. The molecular formula is C19H19ClF3N5. The fraction of sp³-hybridized carbons (Fsp3) is 0.421. The first kappa shape index (κ1) is 19.0. The summed E-state index contributed by atoms with van der Waals surface area (Å²) in [7, 11) is 0. The normalized spacial score (nSPS) is 17.4. The molecule has 0 spiro atoms. The number of H-pyrrole nitrogens is 1. The van der Waals surface area contributed by atoms with Gasteiger partial charge in [0.15, 0.2) is 0 Å². The number of nitrogens with zero attached hydrogens (tertiary/aromatic N) is 4. The molecule has 0 unspecified atom stereocenters. The fourth-order valence-electron chi connectivity index (χ4n) is 3.83. The van der Waals surface area contributed by atoms with Gasteiger partial charge >= 0.3 is 6.18 Å². The van der Waals surface area contributed by atoms with Crippen molar-refractivity contribution in [1.82, 2.24) is 19.9 Å². The number of aromatic amines is 1. The van der Waals surface area contributed by atoms with E-state index in [4.69, 9.17) is 11.6 Å². The van der Waals surface area contributed by atoms with Gasteiger partial charge in [0.1, 0.15) is 6.33 Å². The molecule has 3 aromatic rings. The minimum Gasteiger partial charge on any atom is -0.356 e. The molecule has 0 aliphatic carbocycles. The number of hydrogen-bond donors (Lipinski definition) is 1. The predicted molar refractivity (Wildman–Crippen MR) is 101 cm³/mol. The van der Waals surface area contributed by atoms with Gasteiger partial charge in [-0.05, 0) is 42.5 Å². The van der Waals surface area contributed by atoms with Crippen LogP contribution in [0.15, 0.2) is 24.5 Å². The summed E-state index contributed by atoms with van der Waals surface area (Å²) in [5.41, 5.74) is 3.12. The van der Waals surface area contributed by atoms with Crippen LogP contribution in [-0.4, -0.2) is 26.5 Å². The number of hydrogen-bond acceptors (Lipinski definition) is 4. The van der Waals surface area contributed by atoms with E-state index < -0.39 is 12.0 Å². The van der Waals surface area contributed by atoms with E-state index in [1.54, 1.807) is 0 Å². The van der Waals surface area contributed by atoms with Crippen LogP contribution in [0.2, 0.25) is 5.02 Å². The smallest absolute Gasteiger partial charge is 0.356 e. The summed E-state index contributed by atoms with van der Waals surface area (Å²) in [4.78, 5) is 16.3. The number of alkyl halides is 3. The minimum absolute atomic E-state index is 0.0512. The van der Waals surface area contributed by atoms with Crippen LogP contribution in [0.4, 0.5) is 19.1 Å². The van der Waals surface area contributed by atoms with Crippen molar-refractivity contribution >= 4 is 28.5 Å². The van der Waals surface area contributed by atoms with Crippen molar-refractivity contribution in [2.75, 3.05) is 11.4 Å². The number of benzene rings is 1. The largest absolute Gasteiger partial charge is 0.451 e. The molecule has 1 aliphatic heterocycles. The van der Waals surface area contributed by atoms with Gasteiger partial charge in [-0.1, -0.05) is 25.4 Å². The Labute approximate surface area is 165 Å². The molecule has 0 amide bonds. The van der Waals surface area contributed by atoms with E-state index >= 15 is 0 Å². The fourth-order valence-corrected chi connectivity index (χ4v) is 4.00. The monoisotopic (exact) mass is 409 g/mol. The van der Waals surface area contributed by atoms with Gasteiger partial charge in [-0.15, -0.1) is 0 Å². The predicted octanol–water partition coefficient (Wildman–Crippen LogP) is 5.18. The summed E-state index contributed by atoms with van der Waals surface area (Å²) in [6.07, 6.45) is -2.26. The highest BCUT2D eigenvalue weighted by atomic mass is 35.5. The Balaban J connectivity index is 1.81. The molecule has 1 atom stereocenters. The number of fused-ring (bicyclic) bond motifs is 3. The second-order valence-corrected chi connectivity index (χ2v) is 7.84. The minimum atomic E-state index is -4.61. The first-order valence-corrected chi connectivity index (χ1v) is 9.44. The molecule has 0 radical (unpaired) electrons. The number of rotatable bonds is 3. The third kappa shape index (κ3) is 3.41. The van der Waals surface area contributed by atoms with Gasteiger partial charge in [-0.3, -0.25) is 0 Å². The van der Waals surface area contributed by atoms with Crippen molar-refractivity contribution in [2.24, 2.45) is 5.92 Å². The zero-order chi connectivity index (χ0) is 20.1. The Morgan fingerprint density at radius 3 is 2.79 bits per heavy atom. The van der Waals surface area contributed by atoms with E-state index in [1.807, 2.05) is 23.1 Å². The standard InChI is InChI=1S/C19H19ClF3N5/c1-10(2)7-15-16-12(13-8-11(20)3-4-14(13)26-16)5-6-28(15)18-25-9-24-17(27-18)19(21,22)23/h3-4,8-10,15,26H,5-7H2,1-2H3/t15-/m0/s1. The highest BCUT2D eigenvalue weighted by Crippen LogP contribution is 2.40. The van der Waals surface area contributed by atoms with Crippen molar-refractivity contribution in [2.45, 2.75) is 38.9 Å². The summed E-state index contributed by atoms with van der Waals surface area (Å²) in [5, 5.41) is 1.71. The Hall–Kier alpha value is -2.35. The molecule has 0 bridgehead atoms. The number of aromatic nitrogens is 4. The summed E-state index contributed by atoms with van der Waals surface area (Å²) >= 11 is 6.17. The number of anilines is 1. The third-order valence-corrected chi connectivity index (χ3v) is 5.21. The van der Waals surface area contributed by atoms with E-state index in [2.05, 4.69) is 33.8 Å². The Morgan fingerprint density at radius 1 is 1.29 bits per heavy atom. The highest BCUT2D eigenvalue weighted by Gasteiger charge is 2.37. The Morgan fingerprint density at radius 2 is 2.07 bits per heavy atom. The molecule has 2 aromatic heterocycles. The van der Waals surface area contributed by atoms with Crippen molar-refractivity contribution in [3.63, 3.8) is 0 Å². The maximum atomic E-state index is 13.1. The molecule has 0 saturated heterocycles. The van der Waals surface area contributed by atoms with Crippen LogP contribution in [0.5, 0.6) is 0 Å². The summed E-state index contributed by atoms with van der Waals surface area (Å²) < 4.78 is 39.2. The quantitative estimate of drug-likeness (QED) is 0.648. The average molecular weight is 410 g/mol. The molecule has 1 aliphatic rings.